The van der Waals surface area contributed by atoms with Gasteiger partial charge in [-0.25, -0.2) is 0 Å². The van der Waals surface area contributed by atoms with E-state index in [2.05, 4.69) is 5.32 Å². The molecule has 2 fully saturated rings. The molecule has 18 heavy (non-hydrogen) atoms. The van der Waals surface area contributed by atoms with Gasteiger partial charge in [0.1, 0.15) is 0 Å². The first kappa shape index (κ1) is 14.1. The molecule has 0 radical (unpaired) electrons. The molecule has 1 N–H and O–H groups in total. The lowest BCUT2D eigenvalue weighted by atomic mass is 10.0. The van der Waals surface area contributed by atoms with E-state index < -0.39 is 0 Å². The molecule has 0 spiro atoms. The Morgan fingerprint density at radius 1 is 1.28 bits per heavy atom. The van der Waals surface area contributed by atoms with Gasteiger partial charge >= 0.3 is 0 Å². The van der Waals surface area contributed by atoms with Crippen LogP contribution in [0.25, 0.3) is 0 Å². The molecule has 1 saturated heterocycles. The molecule has 4 heteroatoms. The molecule has 2 aliphatic rings. The maximum atomic E-state index is 11.7. The number of rotatable bonds is 5. The number of carbonyl (C=O) groups excluding carboxylic acids is 1. The molecule has 1 aliphatic carbocycles. The van der Waals surface area contributed by atoms with E-state index in [9.17, 15) is 4.79 Å². The predicted octanol–water partition coefficient (Wildman–Crippen LogP) is 2.86. The van der Waals surface area contributed by atoms with Gasteiger partial charge in [0.15, 0.2) is 0 Å². The summed E-state index contributed by atoms with van der Waals surface area (Å²) in [6.45, 7) is 1.67. The average molecular weight is 274 g/mol. The van der Waals surface area contributed by atoms with Crippen LogP contribution >= 0.6 is 11.6 Å². The minimum atomic E-state index is 0.169. The Bertz CT molecular complexity index is 256. The number of carbonyl (C=O) groups is 1. The van der Waals surface area contributed by atoms with Crippen molar-refractivity contribution in [3.05, 3.63) is 0 Å². The fraction of sp³-hybridized carbons (Fsp3) is 0.929. The van der Waals surface area contributed by atoms with E-state index in [0.29, 0.717) is 23.8 Å². The van der Waals surface area contributed by atoms with Crippen LogP contribution in [0.1, 0.15) is 51.4 Å². The normalized spacial score (nSPS) is 32.4. The second-order valence-electron chi connectivity index (χ2n) is 5.61. The Morgan fingerprint density at radius 2 is 2.17 bits per heavy atom. The first-order valence-electron chi connectivity index (χ1n) is 7.26. The number of nitrogens with one attached hydrogen (secondary N) is 1. The Morgan fingerprint density at radius 3 is 2.83 bits per heavy atom. The maximum Gasteiger partial charge on any atom is 0.220 e. The van der Waals surface area contributed by atoms with E-state index in [1.54, 1.807) is 0 Å². The van der Waals surface area contributed by atoms with Gasteiger partial charge in [0, 0.05) is 24.9 Å². The van der Waals surface area contributed by atoms with E-state index in [-0.39, 0.29) is 5.91 Å². The fourth-order valence-electron chi connectivity index (χ4n) is 2.87. The van der Waals surface area contributed by atoms with Crippen LogP contribution in [0.2, 0.25) is 0 Å². The Hall–Kier alpha value is -0.280. The lowest BCUT2D eigenvalue weighted by Crippen LogP contribution is -2.30. The van der Waals surface area contributed by atoms with E-state index in [0.717, 1.165) is 45.3 Å². The van der Waals surface area contributed by atoms with Gasteiger partial charge < -0.3 is 10.1 Å². The van der Waals surface area contributed by atoms with Crippen molar-refractivity contribution in [3.63, 3.8) is 0 Å². The molecule has 1 saturated carbocycles. The van der Waals surface area contributed by atoms with Crippen molar-refractivity contribution in [2.45, 2.75) is 62.8 Å². The molecular weight excluding hydrogens is 250 g/mol. The molecule has 1 heterocycles. The fourth-order valence-corrected chi connectivity index (χ4v) is 3.25. The molecule has 1 aliphatic heterocycles. The quantitative estimate of drug-likeness (QED) is 0.783. The largest absolute Gasteiger partial charge is 0.378 e. The van der Waals surface area contributed by atoms with E-state index >= 15 is 0 Å². The first-order valence-corrected chi connectivity index (χ1v) is 7.70. The van der Waals surface area contributed by atoms with Crippen molar-refractivity contribution in [1.82, 2.24) is 5.32 Å². The lowest BCUT2D eigenvalue weighted by Gasteiger charge is -2.22. The number of halogens is 1. The molecule has 3 unspecified atom stereocenters. The molecular formula is C14H24ClNO2. The molecule has 3 nitrogen and oxygen atoms in total. The van der Waals surface area contributed by atoms with Crippen LogP contribution in [0.4, 0.5) is 0 Å². The third-order valence-corrected chi connectivity index (χ3v) is 4.43. The van der Waals surface area contributed by atoms with Gasteiger partial charge in [-0.1, -0.05) is 0 Å². The van der Waals surface area contributed by atoms with Gasteiger partial charge in [0.25, 0.3) is 0 Å². The van der Waals surface area contributed by atoms with Gasteiger partial charge in [-0.3, -0.25) is 4.79 Å². The van der Waals surface area contributed by atoms with Crippen LogP contribution in [0.5, 0.6) is 0 Å². The monoisotopic (exact) mass is 273 g/mol. The first-order chi connectivity index (χ1) is 8.74. The lowest BCUT2D eigenvalue weighted by molar-refractivity contribution is -0.122. The SMILES string of the molecule is O=C(CCC1CCCCO1)NCC1CCC(Cl)C1. The summed E-state index contributed by atoms with van der Waals surface area (Å²) in [5.41, 5.74) is 0. The van der Waals surface area contributed by atoms with Crippen molar-refractivity contribution in [3.8, 4) is 0 Å². The Kier molecular flexibility index (Phi) is 5.77. The van der Waals surface area contributed by atoms with Gasteiger partial charge in [-0.15, -0.1) is 11.6 Å². The number of alkyl halides is 1. The summed E-state index contributed by atoms with van der Waals surface area (Å²) in [7, 11) is 0. The maximum absolute atomic E-state index is 11.7. The van der Waals surface area contributed by atoms with Crippen LogP contribution in [0.15, 0.2) is 0 Å². The number of hydrogen-bond donors (Lipinski definition) is 1. The zero-order chi connectivity index (χ0) is 12.8. The number of ether oxygens (including phenoxy) is 1. The van der Waals surface area contributed by atoms with Crippen molar-refractivity contribution in [1.29, 1.82) is 0 Å². The average Bonchev–Trinajstić information content (AvgIpc) is 2.81. The molecule has 0 aromatic carbocycles. The third kappa shape index (κ3) is 4.77. The van der Waals surface area contributed by atoms with Crippen LogP contribution < -0.4 is 5.32 Å². The highest BCUT2D eigenvalue weighted by Gasteiger charge is 2.23. The van der Waals surface area contributed by atoms with E-state index in [1.165, 1.54) is 12.8 Å². The number of hydrogen-bond acceptors (Lipinski definition) is 2. The zero-order valence-corrected chi connectivity index (χ0v) is 11.8. The summed E-state index contributed by atoms with van der Waals surface area (Å²) in [4.78, 5) is 11.7. The summed E-state index contributed by atoms with van der Waals surface area (Å²) < 4.78 is 5.62. The molecule has 104 valence electrons. The number of amides is 1. The zero-order valence-electron chi connectivity index (χ0n) is 11.0. The summed E-state index contributed by atoms with van der Waals surface area (Å²) in [5, 5.41) is 3.35. The van der Waals surface area contributed by atoms with Crippen molar-refractivity contribution in [2.75, 3.05) is 13.2 Å². The molecule has 0 bridgehead atoms. The van der Waals surface area contributed by atoms with Gasteiger partial charge in [0.05, 0.1) is 6.10 Å². The van der Waals surface area contributed by atoms with Crippen molar-refractivity contribution in [2.24, 2.45) is 5.92 Å². The van der Waals surface area contributed by atoms with Crippen LogP contribution in [0, 0.1) is 5.92 Å². The molecule has 1 amide bonds. The van der Waals surface area contributed by atoms with Gasteiger partial charge in [-0.05, 0) is 50.9 Å². The molecule has 2 rings (SSSR count). The highest BCUT2D eigenvalue weighted by molar-refractivity contribution is 6.20. The standard InChI is InChI=1S/C14H24ClNO2/c15-12-5-4-11(9-12)10-16-14(17)7-6-13-3-1-2-8-18-13/h11-13H,1-10H2,(H,16,17). The minimum Gasteiger partial charge on any atom is -0.378 e. The summed E-state index contributed by atoms with van der Waals surface area (Å²) >= 11 is 6.06. The summed E-state index contributed by atoms with van der Waals surface area (Å²) in [5.74, 6) is 0.754. The molecule has 0 aromatic rings. The van der Waals surface area contributed by atoms with Crippen molar-refractivity contribution < 1.29 is 9.53 Å². The second kappa shape index (κ2) is 7.34. The topological polar surface area (TPSA) is 38.3 Å². The van der Waals surface area contributed by atoms with Gasteiger partial charge in [0.2, 0.25) is 5.91 Å². The van der Waals surface area contributed by atoms with Crippen LogP contribution in [-0.4, -0.2) is 30.5 Å². The minimum absolute atomic E-state index is 0.169. The Labute approximate surface area is 115 Å². The van der Waals surface area contributed by atoms with Crippen molar-refractivity contribution >= 4 is 17.5 Å². The predicted molar refractivity (Wildman–Crippen MR) is 72.8 cm³/mol. The van der Waals surface area contributed by atoms with Crippen LogP contribution in [0.3, 0.4) is 0 Å². The third-order valence-electron chi connectivity index (χ3n) is 4.03. The summed E-state index contributed by atoms with van der Waals surface area (Å²) in [6, 6.07) is 0. The smallest absolute Gasteiger partial charge is 0.220 e. The molecule has 0 aromatic heterocycles. The van der Waals surface area contributed by atoms with E-state index in [4.69, 9.17) is 16.3 Å². The molecule has 3 atom stereocenters. The van der Waals surface area contributed by atoms with Crippen LogP contribution in [-0.2, 0) is 9.53 Å². The Balaban J connectivity index is 1.54. The highest BCUT2D eigenvalue weighted by Crippen LogP contribution is 2.28. The highest BCUT2D eigenvalue weighted by atomic mass is 35.5. The van der Waals surface area contributed by atoms with E-state index in [1.807, 2.05) is 0 Å². The van der Waals surface area contributed by atoms with Gasteiger partial charge in [-0.2, -0.15) is 0 Å². The second-order valence-corrected chi connectivity index (χ2v) is 6.22. The summed E-state index contributed by atoms with van der Waals surface area (Å²) in [6.07, 6.45) is 8.60.